The van der Waals surface area contributed by atoms with Crippen molar-refractivity contribution in [1.29, 1.82) is 0 Å². The average molecular weight is 260 g/mol. The minimum atomic E-state index is -0.212. The molecule has 1 aromatic carbocycles. The normalized spacial score (nSPS) is 11.6. The van der Waals surface area contributed by atoms with Gasteiger partial charge in [0.2, 0.25) is 0 Å². The lowest BCUT2D eigenvalue weighted by Gasteiger charge is -2.11. The molecule has 4 heteroatoms. The van der Waals surface area contributed by atoms with Gasteiger partial charge < -0.3 is 4.52 Å². The number of aromatic nitrogens is 1. The molecule has 0 saturated heterocycles. The van der Waals surface area contributed by atoms with Crippen molar-refractivity contribution in [3.63, 3.8) is 0 Å². The summed E-state index contributed by atoms with van der Waals surface area (Å²) in [5.41, 5.74) is 1.92. The average Bonchev–Trinajstić information content (AvgIpc) is 2.77. The molecule has 2 rings (SSSR count). The van der Waals surface area contributed by atoms with Gasteiger partial charge in [0.25, 0.3) is 0 Å². The Hall–Kier alpha value is -1.94. The van der Waals surface area contributed by atoms with Gasteiger partial charge in [0.15, 0.2) is 0 Å². The third-order valence-electron chi connectivity index (χ3n) is 2.71. The Bertz CT molecular complexity index is 546. The summed E-state index contributed by atoms with van der Waals surface area (Å²) in [6, 6.07) is 8.36. The van der Waals surface area contributed by atoms with Gasteiger partial charge in [0.05, 0.1) is 5.69 Å². The summed E-state index contributed by atoms with van der Waals surface area (Å²) in [7, 11) is 2.01. The van der Waals surface area contributed by atoms with Crippen LogP contribution < -0.4 is 0 Å². The van der Waals surface area contributed by atoms with Gasteiger partial charge in [-0.3, -0.25) is 4.90 Å². The van der Waals surface area contributed by atoms with Gasteiger partial charge in [-0.15, -0.1) is 0 Å². The highest BCUT2D eigenvalue weighted by Gasteiger charge is 2.03. The highest BCUT2D eigenvalue weighted by molar-refractivity contribution is 5.48. The van der Waals surface area contributed by atoms with Gasteiger partial charge in [-0.25, -0.2) is 4.39 Å². The molecule has 0 aliphatic carbocycles. The van der Waals surface area contributed by atoms with Crippen LogP contribution in [0.1, 0.15) is 17.0 Å². The lowest BCUT2D eigenvalue weighted by atomic mass is 10.2. The second kappa shape index (κ2) is 6.29. The van der Waals surface area contributed by atoms with E-state index in [1.54, 1.807) is 12.1 Å². The minimum Gasteiger partial charge on any atom is -0.361 e. The van der Waals surface area contributed by atoms with Crippen molar-refractivity contribution in [2.75, 3.05) is 13.6 Å². The van der Waals surface area contributed by atoms with Gasteiger partial charge in [-0.2, -0.15) is 0 Å². The molecule has 0 unspecified atom stereocenters. The van der Waals surface area contributed by atoms with Crippen LogP contribution in [0, 0.1) is 12.7 Å². The third-order valence-corrected chi connectivity index (χ3v) is 2.71. The Balaban J connectivity index is 1.82. The molecule has 2 aromatic rings. The van der Waals surface area contributed by atoms with E-state index in [0.717, 1.165) is 30.1 Å². The maximum Gasteiger partial charge on any atom is 0.133 e. The summed E-state index contributed by atoms with van der Waals surface area (Å²) < 4.78 is 17.8. The van der Waals surface area contributed by atoms with Crippen LogP contribution in [0.2, 0.25) is 0 Å². The highest BCUT2D eigenvalue weighted by Crippen LogP contribution is 2.06. The molecular weight excluding hydrogens is 243 g/mol. The van der Waals surface area contributed by atoms with E-state index in [9.17, 15) is 4.39 Å². The van der Waals surface area contributed by atoms with Gasteiger partial charge in [-0.05, 0) is 31.7 Å². The van der Waals surface area contributed by atoms with E-state index < -0.39 is 0 Å². The molecule has 0 fully saturated rings. The van der Waals surface area contributed by atoms with Crippen molar-refractivity contribution in [2.24, 2.45) is 0 Å². The number of hydrogen-bond acceptors (Lipinski definition) is 3. The highest BCUT2D eigenvalue weighted by atomic mass is 19.1. The summed E-state index contributed by atoms with van der Waals surface area (Å²) in [5, 5.41) is 3.95. The largest absolute Gasteiger partial charge is 0.361 e. The van der Waals surface area contributed by atoms with Crippen LogP contribution in [0.3, 0.4) is 0 Å². The standard InChI is InChI=1S/C15H17FN2O/c1-12-10-15(17-19-12)11-18(2)9-3-4-13-5-7-14(16)8-6-13/h3-8,10H,9,11H2,1-2H3/b4-3+. The second-order valence-electron chi connectivity index (χ2n) is 4.58. The number of halogens is 1. The van der Waals surface area contributed by atoms with Crippen LogP contribution in [0.4, 0.5) is 4.39 Å². The molecule has 19 heavy (non-hydrogen) atoms. The number of benzene rings is 1. The Morgan fingerprint density at radius 2 is 2.05 bits per heavy atom. The first-order valence-electron chi connectivity index (χ1n) is 6.16. The fourth-order valence-corrected chi connectivity index (χ4v) is 1.78. The monoisotopic (exact) mass is 260 g/mol. The second-order valence-corrected chi connectivity index (χ2v) is 4.58. The summed E-state index contributed by atoms with van der Waals surface area (Å²) in [5.74, 6) is 0.612. The van der Waals surface area contributed by atoms with Gasteiger partial charge in [0, 0.05) is 19.2 Å². The Morgan fingerprint density at radius 3 is 2.68 bits per heavy atom. The number of rotatable bonds is 5. The molecule has 3 nitrogen and oxygen atoms in total. The van der Waals surface area contributed by atoms with Crippen molar-refractivity contribution in [3.8, 4) is 0 Å². The lowest BCUT2D eigenvalue weighted by Crippen LogP contribution is -2.17. The Labute approximate surface area is 112 Å². The van der Waals surface area contributed by atoms with Crippen molar-refractivity contribution >= 4 is 6.08 Å². The summed E-state index contributed by atoms with van der Waals surface area (Å²) in [6.07, 6.45) is 4.02. The Morgan fingerprint density at radius 1 is 1.32 bits per heavy atom. The van der Waals surface area contributed by atoms with Gasteiger partial charge in [0.1, 0.15) is 11.6 Å². The first kappa shape index (κ1) is 13.5. The van der Waals surface area contributed by atoms with E-state index in [2.05, 4.69) is 10.1 Å². The molecular formula is C15H17FN2O. The van der Waals surface area contributed by atoms with E-state index in [-0.39, 0.29) is 5.82 Å². The number of nitrogens with zero attached hydrogens (tertiary/aromatic N) is 2. The van der Waals surface area contributed by atoms with Gasteiger partial charge in [-0.1, -0.05) is 29.4 Å². The van der Waals surface area contributed by atoms with Crippen LogP contribution in [0.5, 0.6) is 0 Å². The molecule has 0 aliphatic heterocycles. The first-order valence-corrected chi connectivity index (χ1v) is 6.16. The SMILES string of the molecule is Cc1cc(CN(C)C/C=C/c2ccc(F)cc2)no1. The van der Waals surface area contributed by atoms with Crippen LogP contribution in [-0.2, 0) is 6.54 Å². The molecule has 1 heterocycles. The van der Waals surface area contributed by atoms with Crippen molar-refractivity contribution < 1.29 is 8.91 Å². The van der Waals surface area contributed by atoms with Crippen LogP contribution in [-0.4, -0.2) is 23.6 Å². The predicted molar refractivity (Wildman–Crippen MR) is 73.0 cm³/mol. The fourth-order valence-electron chi connectivity index (χ4n) is 1.78. The maximum absolute atomic E-state index is 12.7. The maximum atomic E-state index is 12.7. The van der Waals surface area contributed by atoms with Crippen LogP contribution in [0.25, 0.3) is 6.08 Å². The topological polar surface area (TPSA) is 29.3 Å². The van der Waals surface area contributed by atoms with Crippen molar-refractivity contribution in [3.05, 3.63) is 59.2 Å². The molecule has 0 amide bonds. The number of likely N-dealkylation sites (N-methyl/N-ethyl adjacent to an activating group) is 1. The zero-order valence-electron chi connectivity index (χ0n) is 11.1. The predicted octanol–water partition coefficient (Wildman–Crippen LogP) is 3.27. The first-order chi connectivity index (χ1) is 9.13. The van der Waals surface area contributed by atoms with Crippen molar-refractivity contribution in [1.82, 2.24) is 10.1 Å². The number of aryl methyl sites for hydroxylation is 1. The van der Waals surface area contributed by atoms with E-state index in [0.29, 0.717) is 0 Å². The summed E-state index contributed by atoms with van der Waals surface area (Å²) in [4.78, 5) is 2.12. The zero-order valence-corrected chi connectivity index (χ0v) is 11.1. The summed E-state index contributed by atoms with van der Waals surface area (Å²) >= 11 is 0. The quantitative estimate of drug-likeness (QED) is 0.826. The Kier molecular flexibility index (Phi) is 4.47. The smallest absolute Gasteiger partial charge is 0.133 e. The molecule has 0 spiro atoms. The zero-order chi connectivity index (χ0) is 13.7. The summed E-state index contributed by atoms with van der Waals surface area (Å²) in [6.45, 7) is 3.42. The van der Waals surface area contributed by atoms with Crippen molar-refractivity contribution in [2.45, 2.75) is 13.5 Å². The lowest BCUT2D eigenvalue weighted by molar-refractivity contribution is 0.335. The molecule has 0 bridgehead atoms. The van der Waals surface area contributed by atoms with E-state index in [4.69, 9.17) is 4.52 Å². The molecule has 0 radical (unpaired) electrons. The van der Waals surface area contributed by atoms with Crippen LogP contribution >= 0.6 is 0 Å². The van der Waals surface area contributed by atoms with Crippen LogP contribution in [0.15, 0.2) is 40.9 Å². The van der Waals surface area contributed by atoms with Gasteiger partial charge >= 0.3 is 0 Å². The molecule has 0 saturated carbocycles. The molecule has 1 aromatic heterocycles. The minimum absolute atomic E-state index is 0.212. The molecule has 0 N–H and O–H groups in total. The van der Waals surface area contributed by atoms with E-state index in [1.165, 1.54) is 12.1 Å². The van der Waals surface area contributed by atoms with E-state index >= 15 is 0 Å². The molecule has 100 valence electrons. The van der Waals surface area contributed by atoms with E-state index in [1.807, 2.05) is 32.2 Å². The fraction of sp³-hybridized carbons (Fsp3) is 0.267. The molecule has 0 aliphatic rings. The third kappa shape index (κ3) is 4.34. The molecule has 0 atom stereocenters. The number of hydrogen-bond donors (Lipinski definition) is 0.